The normalized spacial score (nSPS) is 10.5. The Morgan fingerprint density at radius 2 is 1.83 bits per heavy atom. The highest BCUT2D eigenvalue weighted by Gasteiger charge is 2.12. The van der Waals surface area contributed by atoms with E-state index in [1.165, 1.54) is 11.3 Å². The van der Waals surface area contributed by atoms with Gasteiger partial charge in [0.1, 0.15) is 6.54 Å². The van der Waals surface area contributed by atoms with Crippen molar-refractivity contribution in [2.45, 2.75) is 19.8 Å². The maximum absolute atomic E-state index is 12.0. The van der Waals surface area contributed by atoms with Gasteiger partial charge in [0.15, 0.2) is 12.4 Å². The molecule has 1 N–H and O–H groups in total. The lowest BCUT2D eigenvalue weighted by molar-refractivity contribution is -0.141. The van der Waals surface area contributed by atoms with E-state index in [2.05, 4.69) is 19.2 Å². The van der Waals surface area contributed by atoms with E-state index < -0.39 is 5.97 Å². The van der Waals surface area contributed by atoms with Crippen molar-refractivity contribution in [2.24, 2.45) is 0 Å². The summed E-state index contributed by atoms with van der Waals surface area (Å²) in [7, 11) is 0. The molecule has 24 heavy (non-hydrogen) atoms. The predicted octanol–water partition coefficient (Wildman–Crippen LogP) is 3.03. The van der Waals surface area contributed by atoms with Crippen molar-refractivity contribution < 1.29 is 19.1 Å². The number of benzene rings is 1. The minimum absolute atomic E-state index is 0.268. The summed E-state index contributed by atoms with van der Waals surface area (Å²) in [5.41, 5.74) is 1.63. The Hall–Kier alpha value is -2.47. The highest BCUT2D eigenvalue weighted by Crippen LogP contribution is 2.15. The molecular weight excluding hydrogens is 326 g/mol. The SMILES string of the molecule is CC(C)c1ccc(C(=O)COC(=O)CNC(=O)c2cccs2)cc1. The van der Waals surface area contributed by atoms with Gasteiger partial charge in [-0.05, 0) is 22.9 Å². The van der Waals surface area contributed by atoms with Crippen LogP contribution in [0.5, 0.6) is 0 Å². The van der Waals surface area contributed by atoms with Crippen LogP contribution in [0.25, 0.3) is 0 Å². The Bertz CT molecular complexity index is 705. The molecule has 0 saturated carbocycles. The Morgan fingerprint density at radius 1 is 1.12 bits per heavy atom. The van der Waals surface area contributed by atoms with Gasteiger partial charge in [-0.15, -0.1) is 11.3 Å². The van der Waals surface area contributed by atoms with Crippen LogP contribution >= 0.6 is 11.3 Å². The van der Waals surface area contributed by atoms with E-state index in [9.17, 15) is 14.4 Å². The monoisotopic (exact) mass is 345 g/mol. The molecule has 0 aliphatic carbocycles. The summed E-state index contributed by atoms with van der Waals surface area (Å²) < 4.78 is 4.90. The van der Waals surface area contributed by atoms with Crippen LogP contribution in [0, 0.1) is 0 Å². The molecule has 1 heterocycles. The minimum atomic E-state index is -0.646. The second-order valence-electron chi connectivity index (χ2n) is 5.52. The van der Waals surface area contributed by atoms with Crippen molar-refractivity contribution in [3.05, 3.63) is 57.8 Å². The van der Waals surface area contributed by atoms with Gasteiger partial charge in [0.25, 0.3) is 5.91 Å². The summed E-state index contributed by atoms with van der Waals surface area (Å²) in [6.07, 6.45) is 0. The molecule has 0 aliphatic rings. The van der Waals surface area contributed by atoms with Crippen LogP contribution in [0.1, 0.15) is 45.4 Å². The van der Waals surface area contributed by atoms with Gasteiger partial charge in [-0.3, -0.25) is 14.4 Å². The molecule has 0 atom stereocenters. The number of ether oxygens (including phenoxy) is 1. The Labute approximate surface area is 144 Å². The molecule has 2 aromatic rings. The third-order valence-electron chi connectivity index (χ3n) is 3.40. The maximum Gasteiger partial charge on any atom is 0.325 e. The van der Waals surface area contributed by atoms with E-state index in [1.807, 2.05) is 12.1 Å². The second kappa shape index (κ2) is 8.40. The van der Waals surface area contributed by atoms with Crippen molar-refractivity contribution in [1.82, 2.24) is 5.32 Å². The standard InChI is InChI=1S/C18H19NO4S/c1-12(2)13-5-7-14(8-6-13)15(20)11-23-17(21)10-19-18(22)16-4-3-9-24-16/h3-9,12H,10-11H2,1-2H3,(H,19,22). The highest BCUT2D eigenvalue weighted by atomic mass is 32.1. The average Bonchev–Trinajstić information content (AvgIpc) is 3.12. The zero-order valence-corrected chi connectivity index (χ0v) is 14.4. The molecule has 6 heteroatoms. The van der Waals surface area contributed by atoms with Crippen LogP contribution in [0.2, 0.25) is 0 Å². The van der Waals surface area contributed by atoms with Crippen LogP contribution in [0.3, 0.4) is 0 Å². The molecule has 0 radical (unpaired) electrons. The molecule has 5 nitrogen and oxygen atoms in total. The van der Waals surface area contributed by atoms with Crippen LogP contribution in [-0.4, -0.2) is 30.8 Å². The fourth-order valence-electron chi connectivity index (χ4n) is 1.98. The summed E-state index contributed by atoms with van der Waals surface area (Å²) >= 11 is 1.28. The minimum Gasteiger partial charge on any atom is -0.456 e. The highest BCUT2D eigenvalue weighted by molar-refractivity contribution is 7.12. The summed E-state index contributed by atoms with van der Waals surface area (Å²) in [4.78, 5) is 35.8. The molecule has 1 aromatic carbocycles. The third kappa shape index (κ3) is 5.03. The van der Waals surface area contributed by atoms with Gasteiger partial charge < -0.3 is 10.1 Å². The first-order chi connectivity index (χ1) is 11.5. The van der Waals surface area contributed by atoms with Crippen molar-refractivity contribution in [1.29, 1.82) is 0 Å². The van der Waals surface area contributed by atoms with Gasteiger partial charge in [0.2, 0.25) is 0 Å². The number of rotatable bonds is 7. The second-order valence-corrected chi connectivity index (χ2v) is 6.47. The Morgan fingerprint density at radius 3 is 2.42 bits per heavy atom. The third-order valence-corrected chi connectivity index (χ3v) is 4.27. The summed E-state index contributed by atoms with van der Waals surface area (Å²) in [5.74, 6) is -0.869. The number of Topliss-reactive ketones (excluding diaryl/α,β-unsaturated/α-hetero) is 1. The number of nitrogens with one attached hydrogen (secondary N) is 1. The van der Waals surface area contributed by atoms with Gasteiger partial charge >= 0.3 is 5.97 Å². The van der Waals surface area contributed by atoms with E-state index >= 15 is 0 Å². The molecule has 0 fully saturated rings. The van der Waals surface area contributed by atoms with Gasteiger partial charge in [0, 0.05) is 5.56 Å². The molecule has 1 amide bonds. The summed E-state index contributed by atoms with van der Waals surface area (Å²) in [6, 6.07) is 10.6. The van der Waals surface area contributed by atoms with Crippen LogP contribution < -0.4 is 5.32 Å². The molecule has 1 aromatic heterocycles. The van der Waals surface area contributed by atoms with Gasteiger partial charge in [-0.1, -0.05) is 44.2 Å². The van der Waals surface area contributed by atoms with Crippen molar-refractivity contribution in [3.8, 4) is 0 Å². The van der Waals surface area contributed by atoms with E-state index in [4.69, 9.17) is 4.74 Å². The Kier molecular flexibility index (Phi) is 6.26. The van der Waals surface area contributed by atoms with Crippen molar-refractivity contribution >= 4 is 29.0 Å². The lowest BCUT2D eigenvalue weighted by Crippen LogP contribution is -2.31. The number of ketones is 1. The topological polar surface area (TPSA) is 72.5 Å². The summed E-state index contributed by atoms with van der Waals surface area (Å²) in [5, 5.41) is 4.23. The van der Waals surface area contributed by atoms with E-state index in [0.29, 0.717) is 16.4 Å². The summed E-state index contributed by atoms with van der Waals surface area (Å²) in [6.45, 7) is 3.54. The van der Waals surface area contributed by atoms with Crippen LogP contribution in [0.15, 0.2) is 41.8 Å². The maximum atomic E-state index is 12.0. The largest absolute Gasteiger partial charge is 0.456 e. The lowest BCUT2D eigenvalue weighted by atomic mass is 10.0. The number of amides is 1. The Balaban J connectivity index is 1.76. The first kappa shape index (κ1) is 17.9. The van der Waals surface area contributed by atoms with Gasteiger partial charge in [0.05, 0.1) is 4.88 Å². The molecule has 0 bridgehead atoms. The number of carbonyl (C=O) groups is 3. The van der Waals surface area contributed by atoms with Crippen molar-refractivity contribution in [3.63, 3.8) is 0 Å². The number of thiophene rings is 1. The smallest absolute Gasteiger partial charge is 0.325 e. The molecular formula is C18H19NO4S. The number of hydrogen-bond acceptors (Lipinski definition) is 5. The fraction of sp³-hybridized carbons (Fsp3) is 0.278. The number of carbonyl (C=O) groups excluding carboxylic acids is 3. The number of esters is 1. The van der Waals surface area contributed by atoms with E-state index in [-0.39, 0.29) is 24.8 Å². The van der Waals surface area contributed by atoms with E-state index in [0.717, 1.165) is 5.56 Å². The van der Waals surface area contributed by atoms with Crippen LogP contribution in [0.4, 0.5) is 0 Å². The van der Waals surface area contributed by atoms with Crippen molar-refractivity contribution in [2.75, 3.05) is 13.2 Å². The first-order valence-corrected chi connectivity index (χ1v) is 8.46. The molecule has 126 valence electrons. The quantitative estimate of drug-likeness (QED) is 0.618. The molecule has 2 rings (SSSR count). The van der Waals surface area contributed by atoms with Gasteiger partial charge in [-0.2, -0.15) is 0 Å². The van der Waals surface area contributed by atoms with E-state index in [1.54, 1.807) is 29.6 Å². The molecule has 0 spiro atoms. The fourth-order valence-corrected chi connectivity index (χ4v) is 2.62. The van der Waals surface area contributed by atoms with Crippen LogP contribution in [-0.2, 0) is 9.53 Å². The molecule has 0 unspecified atom stereocenters. The molecule has 0 saturated heterocycles. The molecule has 0 aliphatic heterocycles. The predicted molar refractivity (Wildman–Crippen MR) is 92.5 cm³/mol. The zero-order chi connectivity index (χ0) is 17.5. The lowest BCUT2D eigenvalue weighted by Gasteiger charge is -2.07. The zero-order valence-electron chi connectivity index (χ0n) is 13.6. The van der Waals surface area contributed by atoms with Gasteiger partial charge in [-0.25, -0.2) is 0 Å². The number of hydrogen-bond donors (Lipinski definition) is 1. The first-order valence-electron chi connectivity index (χ1n) is 7.58. The average molecular weight is 345 g/mol.